The van der Waals surface area contributed by atoms with Gasteiger partial charge in [-0.3, -0.25) is 9.69 Å². The SMILES string of the molecule is CC(C)(C)OC(=O)N1CCN(C(=O)C2CCNCC2)C[C@H]1CO. The third kappa shape index (κ3) is 4.81. The predicted octanol–water partition coefficient (Wildman–Crippen LogP) is 0.426. The molecule has 0 aromatic rings. The van der Waals surface area contributed by atoms with Crippen molar-refractivity contribution in [2.45, 2.75) is 45.3 Å². The van der Waals surface area contributed by atoms with Crippen molar-refractivity contribution in [3.63, 3.8) is 0 Å². The molecule has 2 rings (SSSR count). The zero-order valence-corrected chi connectivity index (χ0v) is 14.4. The highest BCUT2D eigenvalue weighted by atomic mass is 16.6. The van der Waals surface area contributed by atoms with E-state index < -0.39 is 17.7 Å². The molecule has 0 spiro atoms. The molecule has 2 fully saturated rings. The number of piperidine rings is 1. The lowest BCUT2D eigenvalue weighted by Gasteiger charge is -2.42. The lowest BCUT2D eigenvalue weighted by atomic mass is 9.96. The molecule has 2 aliphatic heterocycles. The Morgan fingerprint density at radius 2 is 1.87 bits per heavy atom. The van der Waals surface area contributed by atoms with E-state index in [-0.39, 0.29) is 18.4 Å². The van der Waals surface area contributed by atoms with E-state index in [4.69, 9.17) is 4.74 Å². The van der Waals surface area contributed by atoms with Gasteiger partial charge < -0.3 is 20.1 Å². The molecule has 1 atom stereocenters. The molecule has 2 heterocycles. The van der Waals surface area contributed by atoms with Gasteiger partial charge in [0.1, 0.15) is 5.60 Å². The molecule has 2 saturated heterocycles. The van der Waals surface area contributed by atoms with Gasteiger partial charge in [-0.2, -0.15) is 0 Å². The van der Waals surface area contributed by atoms with Gasteiger partial charge in [0, 0.05) is 25.6 Å². The zero-order valence-electron chi connectivity index (χ0n) is 14.4. The Morgan fingerprint density at radius 1 is 1.22 bits per heavy atom. The molecule has 2 N–H and O–H groups in total. The minimum Gasteiger partial charge on any atom is -0.444 e. The molecular formula is C16H29N3O4. The molecule has 0 aromatic carbocycles. The second kappa shape index (κ2) is 7.49. The molecule has 0 bridgehead atoms. The van der Waals surface area contributed by atoms with Crippen LogP contribution in [0.4, 0.5) is 4.79 Å². The van der Waals surface area contributed by atoms with Crippen molar-refractivity contribution in [2.75, 3.05) is 39.3 Å². The van der Waals surface area contributed by atoms with Crippen LogP contribution in [-0.4, -0.2) is 77.9 Å². The van der Waals surface area contributed by atoms with Crippen LogP contribution in [0.5, 0.6) is 0 Å². The Hall–Kier alpha value is -1.34. The van der Waals surface area contributed by atoms with Crippen molar-refractivity contribution < 1.29 is 19.4 Å². The molecule has 2 aliphatic rings. The number of ether oxygens (including phenoxy) is 1. The fourth-order valence-corrected chi connectivity index (χ4v) is 3.10. The first-order valence-electron chi connectivity index (χ1n) is 8.42. The maximum Gasteiger partial charge on any atom is 0.410 e. The van der Waals surface area contributed by atoms with E-state index in [1.165, 1.54) is 4.90 Å². The summed E-state index contributed by atoms with van der Waals surface area (Å²) in [6.07, 6.45) is 1.29. The van der Waals surface area contributed by atoms with Crippen LogP contribution in [0.3, 0.4) is 0 Å². The van der Waals surface area contributed by atoms with Gasteiger partial charge in [-0.15, -0.1) is 0 Å². The highest BCUT2D eigenvalue weighted by Gasteiger charge is 2.36. The highest BCUT2D eigenvalue weighted by Crippen LogP contribution is 2.20. The van der Waals surface area contributed by atoms with E-state index >= 15 is 0 Å². The standard InChI is InChI=1S/C16H29N3O4/c1-16(2,3)23-15(22)19-9-8-18(10-13(19)11-20)14(21)12-4-6-17-7-5-12/h12-13,17,20H,4-11H2,1-3H3/t13-/m0/s1. The molecule has 132 valence electrons. The lowest BCUT2D eigenvalue weighted by Crippen LogP contribution is -2.59. The topological polar surface area (TPSA) is 82.1 Å². The first-order chi connectivity index (χ1) is 10.8. The Kier molecular flexibility index (Phi) is 5.86. The Labute approximate surface area is 138 Å². The second-order valence-corrected chi connectivity index (χ2v) is 7.32. The van der Waals surface area contributed by atoms with Crippen LogP contribution in [0.2, 0.25) is 0 Å². The molecule has 0 aliphatic carbocycles. The van der Waals surface area contributed by atoms with Crippen LogP contribution in [0.25, 0.3) is 0 Å². The Balaban J connectivity index is 1.95. The fourth-order valence-electron chi connectivity index (χ4n) is 3.10. The number of aliphatic hydroxyl groups excluding tert-OH is 1. The van der Waals surface area contributed by atoms with Crippen LogP contribution < -0.4 is 5.32 Å². The molecule has 2 amide bonds. The van der Waals surface area contributed by atoms with Gasteiger partial charge >= 0.3 is 6.09 Å². The van der Waals surface area contributed by atoms with E-state index in [9.17, 15) is 14.7 Å². The number of rotatable bonds is 2. The van der Waals surface area contributed by atoms with Gasteiger partial charge in [-0.1, -0.05) is 0 Å². The fraction of sp³-hybridized carbons (Fsp3) is 0.875. The first-order valence-corrected chi connectivity index (χ1v) is 8.42. The van der Waals surface area contributed by atoms with Crippen molar-refractivity contribution in [3.8, 4) is 0 Å². The number of hydrogen-bond donors (Lipinski definition) is 2. The van der Waals surface area contributed by atoms with Crippen molar-refractivity contribution >= 4 is 12.0 Å². The molecule has 0 aromatic heterocycles. The monoisotopic (exact) mass is 327 g/mol. The second-order valence-electron chi connectivity index (χ2n) is 7.32. The summed E-state index contributed by atoms with van der Waals surface area (Å²) in [5, 5.41) is 12.9. The lowest BCUT2D eigenvalue weighted by molar-refractivity contribution is -0.139. The highest BCUT2D eigenvalue weighted by molar-refractivity contribution is 5.79. The largest absolute Gasteiger partial charge is 0.444 e. The quantitative estimate of drug-likeness (QED) is 0.768. The Bertz CT molecular complexity index is 430. The van der Waals surface area contributed by atoms with Crippen LogP contribution in [0, 0.1) is 5.92 Å². The van der Waals surface area contributed by atoms with Crippen molar-refractivity contribution in [1.29, 1.82) is 0 Å². The summed E-state index contributed by atoms with van der Waals surface area (Å²) in [7, 11) is 0. The molecule has 0 saturated carbocycles. The van der Waals surface area contributed by atoms with Crippen molar-refractivity contribution in [3.05, 3.63) is 0 Å². The molecule has 7 nitrogen and oxygen atoms in total. The number of carbonyl (C=O) groups is 2. The maximum absolute atomic E-state index is 12.6. The van der Waals surface area contributed by atoms with E-state index in [2.05, 4.69) is 5.32 Å². The summed E-state index contributed by atoms with van der Waals surface area (Å²) in [6.45, 7) is 8.29. The van der Waals surface area contributed by atoms with Crippen LogP contribution in [0.15, 0.2) is 0 Å². The summed E-state index contributed by atoms with van der Waals surface area (Å²) in [6, 6.07) is -0.399. The number of aliphatic hydroxyl groups is 1. The number of hydrogen-bond acceptors (Lipinski definition) is 5. The average Bonchev–Trinajstić information content (AvgIpc) is 2.52. The summed E-state index contributed by atoms with van der Waals surface area (Å²) in [5.41, 5.74) is -0.570. The van der Waals surface area contributed by atoms with E-state index in [0.717, 1.165) is 25.9 Å². The average molecular weight is 327 g/mol. The minimum atomic E-state index is -0.570. The van der Waals surface area contributed by atoms with E-state index in [0.29, 0.717) is 19.6 Å². The summed E-state index contributed by atoms with van der Waals surface area (Å²) >= 11 is 0. The molecule has 23 heavy (non-hydrogen) atoms. The first kappa shape index (κ1) is 18.0. The summed E-state index contributed by atoms with van der Waals surface area (Å²) in [5.74, 6) is 0.206. The molecule has 0 unspecified atom stereocenters. The van der Waals surface area contributed by atoms with Crippen LogP contribution >= 0.6 is 0 Å². The van der Waals surface area contributed by atoms with E-state index in [1.807, 2.05) is 20.8 Å². The van der Waals surface area contributed by atoms with Gasteiger partial charge in [0.15, 0.2) is 0 Å². The number of nitrogens with zero attached hydrogens (tertiary/aromatic N) is 2. The third-order valence-electron chi connectivity index (χ3n) is 4.32. The third-order valence-corrected chi connectivity index (χ3v) is 4.32. The summed E-state index contributed by atoms with van der Waals surface area (Å²) < 4.78 is 5.39. The number of carbonyl (C=O) groups excluding carboxylic acids is 2. The number of amides is 2. The maximum atomic E-state index is 12.6. The van der Waals surface area contributed by atoms with Crippen molar-refractivity contribution in [2.24, 2.45) is 5.92 Å². The molecular weight excluding hydrogens is 298 g/mol. The summed E-state index contributed by atoms with van der Waals surface area (Å²) in [4.78, 5) is 28.2. The number of piperazine rings is 1. The zero-order chi connectivity index (χ0) is 17.0. The smallest absolute Gasteiger partial charge is 0.410 e. The number of nitrogens with one attached hydrogen (secondary N) is 1. The normalized spacial score (nSPS) is 23.7. The molecule has 0 radical (unpaired) electrons. The van der Waals surface area contributed by atoms with Gasteiger partial charge in [0.2, 0.25) is 5.91 Å². The van der Waals surface area contributed by atoms with Crippen LogP contribution in [-0.2, 0) is 9.53 Å². The molecule has 7 heteroatoms. The van der Waals surface area contributed by atoms with E-state index in [1.54, 1.807) is 4.90 Å². The minimum absolute atomic E-state index is 0.0590. The van der Waals surface area contributed by atoms with Crippen molar-refractivity contribution in [1.82, 2.24) is 15.1 Å². The van der Waals surface area contributed by atoms with Gasteiger partial charge in [0.05, 0.1) is 12.6 Å². The van der Waals surface area contributed by atoms with Crippen LogP contribution in [0.1, 0.15) is 33.6 Å². The van der Waals surface area contributed by atoms with Gasteiger partial charge in [0.25, 0.3) is 0 Å². The Morgan fingerprint density at radius 3 is 2.43 bits per heavy atom. The van der Waals surface area contributed by atoms with Gasteiger partial charge in [-0.05, 0) is 46.7 Å². The predicted molar refractivity (Wildman–Crippen MR) is 86.0 cm³/mol. The van der Waals surface area contributed by atoms with Gasteiger partial charge in [-0.25, -0.2) is 4.79 Å².